The van der Waals surface area contributed by atoms with Crippen molar-refractivity contribution in [2.75, 3.05) is 13.1 Å². The molecule has 1 saturated carbocycles. The van der Waals surface area contributed by atoms with Gasteiger partial charge in [-0.2, -0.15) is 0 Å². The number of aryl methyl sites for hydroxylation is 1. The van der Waals surface area contributed by atoms with Gasteiger partial charge in [-0.15, -0.1) is 0 Å². The maximum absolute atomic E-state index is 13.2. The monoisotopic (exact) mass is 277 g/mol. The summed E-state index contributed by atoms with van der Waals surface area (Å²) in [4.78, 5) is 0. The lowest BCUT2D eigenvalue weighted by Crippen LogP contribution is -2.28. The third-order valence-electron chi connectivity index (χ3n) is 4.76. The van der Waals surface area contributed by atoms with Crippen molar-refractivity contribution in [3.8, 4) is 0 Å². The van der Waals surface area contributed by atoms with Crippen LogP contribution in [0.2, 0.25) is 0 Å². The molecule has 112 valence electrons. The van der Waals surface area contributed by atoms with E-state index in [1.165, 1.54) is 37.7 Å². The molecule has 1 fully saturated rings. The lowest BCUT2D eigenvalue weighted by atomic mass is 9.82. The van der Waals surface area contributed by atoms with Gasteiger partial charge in [0.2, 0.25) is 0 Å². The lowest BCUT2D eigenvalue weighted by Gasteiger charge is -2.26. The molecule has 1 N–H and O–H groups in total. The molecule has 1 aromatic rings. The van der Waals surface area contributed by atoms with Crippen LogP contribution in [0.25, 0.3) is 0 Å². The van der Waals surface area contributed by atoms with Crippen LogP contribution >= 0.6 is 0 Å². The van der Waals surface area contributed by atoms with E-state index in [0.29, 0.717) is 0 Å². The highest BCUT2D eigenvalue weighted by atomic mass is 19.1. The molecule has 20 heavy (non-hydrogen) atoms. The van der Waals surface area contributed by atoms with E-state index >= 15 is 0 Å². The van der Waals surface area contributed by atoms with Crippen LogP contribution in [0, 0.1) is 24.6 Å². The van der Waals surface area contributed by atoms with Gasteiger partial charge in [-0.05, 0) is 74.4 Å². The average molecular weight is 277 g/mol. The van der Waals surface area contributed by atoms with Crippen molar-refractivity contribution in [3.05, 3.63) is 35.1 Å². The number of hydrogen-bond donors (Lipinski definition) is 1. The van der Waals surface area contributed by atoms with E-state index in [9.17, 15) is 4.39 Å². The Morgan fingerprint density at radius 3 is 2.60 bits per heavy atom. The van der Waals surface area contributed by atoms with E-state index in [1.807, 2.05) is 13.0 Å². The fraction of sp³-hybridized carbons (Fsp3) is 0.667. The Bertz CT molecular complexity index is 416. The minimum absolute atomic E-state index is 0.115. The fourth-order valence-electron chi connectivity index (χ4n) is 3.50. The minimum atomic E-state index is -0.115. The summed E-state index contributed by atoms with van der Waals surface area (Å²) >= 11 is 0. The van der Waals surface area contributed by atoms with Crippen LogP contribution in [0.15, 0.2) is 18.2 Å². The van der Waals surface area contributed by atoms with Crippen molar-refractivity contribution in [1.82, 2.24) is 5.32 Å². The largest absolute Gasteiger partial charge is 0.317 e. The van der Waals surface area contributed by atoms with Crippen molar-refractivity contribution in [2.24, 2.45) is 11.8 Å². The van der Waals surface area contributed by atoms with E-state index in [2.05, 4.69) is 12.2 Å². The molecule has 2 heteroatoms. The third kappa shape index (κ3) is 4.31. The first kappa shape index (κ1) is 15.5. The molecule has 1 aliphatic rings. The molecule has 0 amide bonds. The Morgan fingerprint density at radius 2 is 1.90 bits per heavy atom. The van der Waals surface area contributed by atoms with Gasteiger partial charge in [0.15, 0.2) is 0 Å². The van der Waals surface area contributed by atoms with Crippen molar-refractivity contribution >= 4 is 0 Å². The summed E-state index contributed by atoms with van der Waals surface area (Å²) in [6, 6.07) is 5.27. The zero-order valence-corrected chi connectivity index (χ0v) is 12.9. The molecule has 1 aliphatic carbocycles. The van der Waals surface area contributed by atoms with E-state index in [-0.39, 0.29) is 5.82 Å². The predicted octanol–water partition coefficient (Wildman–Crippen LogP) is 4.48. The Morgan fingerprint density at radius 1 is 1.15 bits per heavy atom. The van der Waals surface area contributed by atoms with Crippen molar-refractivity contribution < 1.29 is 4.39 Å². The zero-order valence-electron chi connectivity index (χ0n) is 12.9. The molecule has 0 aliphatic heterocycles. The van der Waals surface area contributed by atoms with Crippen molar-refractivity contribution in [1.29, 1.82) is 0 Å². The van der Waals surface area contributed by atoms with Crippen molar-refractivity contribution in [3.63, 3.8) is 0 Å². The average Bonchev–Trinajstić information content (AvgIpc) is 2.65. The van der Waals surface area contributed by atoms with Gasteiger partial charge >= 0.3 is 0 Å². The van der Waals surface area contributed by atoms with E-state index in [1.54, 1.807) is 12.1 Å². The molecule has 1 nitrogen and oxygen atoms in total. The highest BCUT2D eigenvalue weighted by Gasteiger charge is 2.24. The second-order valence-corrected chi connectivity index (χ2v) is 6.24. The molecule has 0 aromatic heterocycles. The molecule has 2 unspecified atom stereocenters. The van der Waals surface area contributed by atoms with Gasteiger partial charge in [0.05, 0.1) is 0 Å². The van der Waals surface area contributed by atoms with E-state index in [0.717, 1.165) is 36.9 Å². The van der Waals surface area contributed by atoms with Crippen LogP contribution < -0.4 is 5.32 Å². The van der Waals surface area contributed by atoms with Crippen LogP contribution in [-0.4, -0.2) is 13.1 Å². The number of rotatable bonds is 5. The topological polar surface area (TPSA) is 12.0 Å². The van der Waals surface area contributed by atoms with Gasteiger partial charge in [-0.3, -0.25) is 0 Å². The Kier molecular flexibility index (Phi) is 6.03. The maximum Gasteiger partial charge on any atom is 0.123 e. The molecule has 0 saturated heterocycles. The second-order valence-electron chi connectivity index (χ2n) is 6.24. The molecule has 1 aromatic carbocycles. The van der Waals surface area contributed by atoms with Gasteiger partial charge in [0.25, 0.3) is 0 Å². The van der Waals surface area contributed by atoms with Crippen LogP contribution in [0.5, 0.6) is 0 Å². The Balaban J connectivity index is 2.06. The van der Waals surface area contributed by atoms with Gasteiger partial charge in [0, 0.05) is 0 Å². The summed E-state index contributed by atoms with van der Waals surface area (Å²) in [6.07, 6.45) is 7.89. The summed E-state index contributed by atoms with van der Waals surface area (Å²) < 4.78 is 13.2. The standard InChI is InChI=1S/C18H28FN/c1-3-20-13-17-8-6-4-5-7-16(17)12-15-9-10-18(19)11-14(15)2/h9-11,16-17,20H,3-8,12-13H2,1-2H3. The van der Waals surface area contributed by atoms with Gasteiger partial charge in [0.1, 0.15) is 5.82 Å². The first-order valence-corrected chi connectivity index (χ1v) is 8.16. The summed E-state index contributed by atoms with van der Waals surface area (Å²) in [5, 5.41) is 3.53. The van der Waals surface area contributed by atoms with E-state index in [4.69, 9.17) is 0 Å². The zero-order chi connectivity index (χ0) is 14.4. The first-order chi connectivity index (χ1) is 9.70. The summed E-state index contributed by atoms with van der Waals surface area (Å²) in [7, 11) is 0. The predicted molar refractivity (Wildman–Crippen MR) is 83.4 cm³/mol. The molecular weight excluding hydrogens is 249 g/mol. The normalized spacial score (nSPS) is 23.6. The Hall–Kier alpha value is -0.890. The van der Waals surface area contributed by atoms with Crippen LogP contribution in [0.3, 0.4) is 0 Å². The van der Waals surface area contributed by atoms with Crippen LogP contribution in [-0.2, 0) is 6.42 Å². The van der Waals surface area contributed by atoms with Crippen LogP contribution in [0.4, 0.5) is 4.39 Å². The molecule has 0 heterocycles. The number of nitrogens with one attached hydrogen (secondary N) is 1. The number of hydrogen-bond acceptors (Lipinski definition) is 1. The lowest BCUT2D eigenvalue weighted by molar-refractivity contribution is 0.299. The van der Waals surface area contributed by atoms with Gasteiger partial charge in [-0.25, -0.2) is 4.39 Å². The quantitative estimate of drug-likeness (QED) is 0.782. The summed E-state index contributed by atoms with van der Waals surface area (Å²) in [5.41, 5.74) is 2.44. The Labute approximate surface area is 123 Å². The minimum Gasteiger partial charge on any atom is -0.317 e. The number of benzene rings is 1. The molecule has 0 radical (unpaired) electrons. The third-order valence-corrected chi connectivity index (χ3v) is 4.76. The molecule has 2 rings (SSSR count). The summed E-state index contributed by atoms with van der Waals surface area (Å²) in [6.45, 7) is 6.41. The van der Waals surface area contributed by atoms with Gasteiger partial charge < -0.3 is 5.32 Å². The second kappa shape index (κ2) is 7.78. The highest BCUT2D eigenvalue weighted by Crippen LogP contribution is 2.31. The van der Waals surface area contributed by atoms with Crippen molar-refractivity contribution in [2.45, 2.75) is 52.4 Å². The number of halogens is 1. The SMILES string of the molecule is CCNCC1CCCCCC1Cc1ccc(F)cc1C. The molecule has 2 atom stereocenters. The summed E-state index contributed by atoms with van der Waals surface area (Å²) in [5.74, 6) is 1.42. The van der Waals surface area contributed by atoms with E-state index < -0.39 is 0 Å². The highest BCUT2D eigenvalue weighted by molar-refractivity contribution is 5.27. The smallest absolute Gasteiger partial charge is 0.123 e. The molecule has 0 bridgehead atoms. The van der Waals surface area contributed by atoms with Crippen LogP contribution in [0.1, 0.15) is 50.2 Å². The maximum atomic E-state index is 13.2. The fourth-order valence-corrected chi connectivity index (χ4v) is 3.50. The molecular formula is C18H28FN. The van der Waals surface area contributed by atoms with Gasteiger partial charge in [-0.1, -0.05) is 32.3 Å². The first-order valence-electron chi connectivity index (χ1n) is 8.16. The molecule has 0 spiro atoms.